The highest BCUT2D eigenvalue weighted by Gasteiger charge is 2.45. The molecule has 2 saturated carbocycles. The third-order valence-corrected chi connectivity index (χ3v) is 4.73. The highest BCUT2D eigenvalue weighted by atomic mass is 16.5. The molecule has 2 fully saturated rings. The number of hydrogen-bond acceptors (Lipinski definition) is 3. The summed E-state index contributed by atoms with van der Waals surface area (Å²) in [5, 5.41) is 0. The Kier molecular flexibility index (Phi) is 3.04. The van der Waals surface area contributed by atoms with Gasteiger partial charge in [0, 0.05) is 7.11 Å². The van der Waals surface area contributed by atoms with Crippen molar-refractivity contribution in [1.29, 1.82) is 0 Å². The van der Waals surface area contributed by atoms with E-state index in [1.165, 1.54) is 5.56 Å². The van der Waals surface area contributed by atoms with E-state index in [1.54, 1.807) is 13.2 Å². The van der Waals surface area contributed by atoms with Crippen molar-refractivity contribution >= 4 is 6.08 Å². The lowest BCUT2D eigenvalue weighted by Gasteiger charge is -2.23. The minimum absolute atomic E-state index is 0.0463. The number of aliphatic imine (C=N–C) groups is 1. The lowest BCUT2D eigenvalue weighted by molar-refractivity contribution is 0.0789. The van der Waals surface area contributed by atoms with Crippen LogP contribution in [0.25, 0.3) is 0 Å². The molecular formula is C16H19NO2. The van der Waals surface area contributed by atoms with Crippen molar-refractivity contribution in [3.05, 3.63) is 35.4 Å². The largest absolute Gasteiger partial charge is 0.374 e. The van der Waals surface area contributed by atoms with Crippen molar-refractivity contribution in [3.8, 4) is 0 Å². The van der Waals surface area contributed by atoms with Crippen LogP contribution in [0.15, 0.2) is 29.3 Å². The summed E-state index contributed by atoms with van der Waals surface area (Å²) in [6, 6.07) is 8.49. The highest BCUT2D eigenvalue weighted by molar-refractivity contribution is 5.40. The molecule has 3 rings (SSSR count). The molecule has 0 unspecified atom stereocenters. The van der Waals surface area contributed by atoms with Gasteiger partial charge < -0.3 is 4.74 Å². The van der Waals surface area contributed by atoms with E-state index in [0.29, 0.717) is 0 Å². The zero-order valence-electron chi connectivity index (χ0n) is 11.3. The Bertz CT molecular complexity index is 504. The molecule has 3 nitrogen and oxygen atoms in total. The number of rotatable bonds is 4. The third kappa shape index (κ3) is 2.03. The summed E-state index contributed by atoms with van der Waals surface area (Å²) in [5.74, 6) is 0. The summed E-state index contributed by atoms with van der Waals surface area (Å²) >= 11 is 0. The fraction of sp³-hybridized carbons (Fsp3) is 0.562. The first kappa shape index (κ1) is 12.6. The summed E-state index contributed by atoms with van der Waals surface area (Å²) < 4.78 is 5.59. The van der Waals surface area contributed by atoms with Crippen LogP contribution in [0.5, 0.6) is 0 Å². The number of carbonyl (C=O) groups excluding carboxylic acids is 1. The van der Waals surface area contributed by atoms with E-state index in [2.05, 4.69) is 29.3 Å². The van der Waals surface area contributed by atoms with Crippen LogP contribution in [0.3, 0.4) is 0 Å². The van der Waals surface area contributed by atoms with Gasteiger partial charge in [-0.2, -0.15) is 4.99 Å². The molecule has 2 aliphatic rings. The number of nitrogens with zero attached hydrogens (tertiary/aromatic N) is 1. The number of methoxy groups -OCH3 is 1. The van der Waals surface area contributed by atoms with E-state index in [0.717, 1.165) is 44.1 Å². The number of hydrogen-bond donors (Lipinski definition) is 0. The fourth-order valence-corrected chi connectivity index (χ4v) is 3.32. The number of ether oxygens (including phenoxy) is 1. The van der Waals surface area contributed by atoms with Crippen molar-refractivity contribution < 1.29 is 9.53 Å². The number of isocyanates is 1. The predicted molar refractivity (Wildman–Crippen MR) is 72.6 cm³/mol. The topological polar surface area (TPSA) is 38.7 Å². The molecule has 0 aromatic heterocycles. The maximum atomic E-state index is 10.7. The van der Waals surface area contributed by atoms with Crippen molar-refractivity contribution in [2.75, 3.05) is 7.11 Å². The zero-order valence-corrected chi connectivity index (χ0v) is 11.3. The molecule has 0 spiro atoms. The van der Waals surface area contributed by atoms with Gasteiger partial charge in [-0.25, -0.2) is 4.79 Å². The van der Waals surface area contributed by atoms with Gasteiger partial charge in [-0.3, -0.25) is 0 Å². The molecule has 2 aliphatic carbocycles. The maximum absolute atomic E-state index is 10.7. The molecule has 100 valence electrons. The quantitative estimate of drug-likeness (QED) is 0.612. The molecule has 0 atom stereocenters. The molecule has 0 radical (unpaired) electrons. The Morgan fingerprint density at radius 3 is 2.11 bits per heavy atom. The minimum Gasteiger partial charge on any atom is -0.374 e. The van der Waals surface area contributed by atoms with Gasteiger partial charge in [0.2, 0.25) is 6.08 Å². The van der Waals surface area contributed by atoms with Gasteiger partial charge in [0.15, 0.2) is 0 Å². The molecule has 0 bridgehead atoms. The van der Waals surface area contributed by atoms with E-state index < -0.39 is 0 Å². The SMILES string of the molecule is COC1(c2ccc(C3(N=C=O)CCCC3)cc2)CC1. The molecule has 3 heteroatoms. The van der Waals surface area contributed by atoms with Crippen molar-refractivity contribution in [2.24, 2.45) is 4.99 Å². The fourth-order valence-electron chi connectivity index (χ4n) is 3.32. The Morgan fingerprint density at radius 2 is 1.63 bits per heavy atom. The molecule has 1 aromatic carbocycles. The van der Waals surface area contributed by atoms with Crippen molar-refractivity contribution in [1.82, 2.24) is 0 Å². The van der Waals surface area contributed by atoms with Gasteiger partial charge >= 0.3 is 0 Å². The summed E-state index contributed by atoms with van der Waals surface area (Å²) in [4.78, 5) is 14.8. The monoisotopic (exact) mass is 257 g/mol. The summed E-state index contributed by atoms with van der Waals surface area (Å²) in [7, 11) is 1.77. The zero-order chi connectivity index (χ0) is 13.3. The van der Waals surface area contributed by atoms with Crippen LogP contribution in [0, 0.1) is 0 Å². The summed E-state index contributed by atoms with van der Waals surface area (Å²) in [5.41, 5.74) is 2.02. The van der Waals surface area contributed by atoms with Crippen LogP contribution >= 0.6 is 0 Å². The van der Waals surface area contributed by atoms with Crippen LogP contribution < -0.4 is 0 Å². The van der Waals surface area contributed by atoms with Crippen LogP contribution in [0.2, 0.25) is 0 Å². The molecule has 0 aliphatic heterocycles. The lowest BCUT2D eigenvalue weighted by atomic mass is 9.88. The van der Waals surface area contributed by atoms with Crippen molar-refractivity contribution in [2.45, 2.75) is 49.7 Å². The summed E-state index contributed by atoms with van der Waals surface area (Å²) in [6.07, 6.45) is 8.14. The van der Waals surface area contributed by atoms with Gasteiger partial charge in [0.1, 0.15) is 0 Å². The van der Waals surface area contributed by atoms with E-state index in [9.17, 15) is 4.79 Å². The third-order valence-electron chi connectivity index (χ3n) is 4.73. The first-order chi connectivity index (χ1) is 9.25. The molecule has 1 aromatic rings. The predicted octanol–water partition coefficient (Wildman–Crippen LogP) is 3.43. The number of benzene rings is 1. The first-order valence-electron chi connectivity index (χ1n) is 7.00. The molecule has 0 heterocycles. The Labute approximate surface area is 113 Å². The summed E-state index contributed by atoms with van der Waals surface area (Å²) in [6.45, 7) is 0. The van der Waals surface area contributed by atoms with Gasteiger partial charge in [0.05, 0.1) is 11.1 Å². The molecule has 0 amide bonds. The molecule has 0 saturated heterocycles. The second kappa shape index (κ2) is 4.59. The maximum Gasteiger partial charge on any atom is 0.235 e. The standard InChI is InChI=1S/C16H19NO2/c1-19-16(10-11-16)14-6-4-13(5-7-14)15(17-12-18)8-2-3-9-15/h4-7H,2-3,8-11H2,1H3. The van der Waals surface area contributed by atoms with E-state index in [1.807, 2.05) is 0 Å². The Morgan fingerprint density at radius 1 is 1.05 bits per heavy atom. The van der Waals surface area contributed by atoms with E-state index in [-0.39, 0.29) is 11.1 Å². The van der Waals surface area contributed by atoms with Crippen molar-refractivity contribution in [3.63, 3.8) is 0 Å². The van der Waals surface area contributed by atoms with E-state index in [4.69, 9.17) is 4.74 Å². The second-order valence-electron chi connectivity index (χ2n) is 5.72. The van der Waals surface area contributed by atoms with Crippen LogP contribution in [-0.2, 0) is 20.7 Å². The van der Waals surface area contributed by atoms with Gasteiger partial charge in [-0.1, -0.05) is 37.1 Å². The molecule has 19 heavy (non-hydrogen) atoms. The average Bonchev–Trinajstić information content (AvgIpc) is 3.12. The molecule has 0 N–H and O–H groups in total. The van der Waals surface area contributed by atoms with Crippen LogP contribution in [0.4, 0.5) is 0 Å². The first-order valence-corrected chi connectivity index (χ1v) is 7.00. The Hall–Kier alpha value is -1.44. The second-order valence-corrected chi connectivity index (χ2v) is 5.72. The normalized spacial score (nSPS) is 22.8. The van der Waals surface area contributed by atoms with Crippen LogP contribution in [-0.4, -0.2) is 13.2 Å². The average molecular weight is 257 g/mol. The minimum atomic E-state index is -0.315. The van der Waals surface area contributed by atoms with E-state index >= 15 is 0 Å². The highest BCUT2D eigenvalue weighted by Crippen LogP contribution is 2.49. The van der Waals surface area contributed by atoms with Gasteiger partial charge in [0.25, 0.3) is 0 Å². The van der Waals surface area contributed by atoms with Crippen LogP contribution in [0.1, 0.15) is 49.7 Å². The van der Waals surface area contributed by atoms with Gasteiger partial charge in [-0.15, -0.1) is 0 Å². The Balaban J connectivity index is 1.91. The lowest BCUT2D eigenvalue weighted by Crippen LogP contribution is -2.19. The molecular weight excluding hydrogens is 238 g/mol. The van der Waals surface area contributed by atoms with Gasteiger partial charge in [-0.05, 0) is 36.8 Å². The smallest absolute Gasteiger partial charge is 0.235 e.